The third kappa shape index (κ3) is 3.91. The number of aryl methyl sites for hydroxylation is 1. The zero-order valence-corrected chi connectivity index (χ0v) is 18.8. The van der Waals surface area contributed by atoms with Gasteiger partial charge in [0, 0.05) is 0 Å². The molecule has 5 aromatic rings. The molecule has 0 saturated carbocycles. The summed E-state index contributed by atoms with van der Waals surface area (Å²) in [5.41, 5.74) is 4.05. The summed E-state index contributed by atoms with van der Waals surface area (Å²) < 4.78 is 16.7. The molecule has 7 nitrogen and oxygen atoms in total. The van der Waals surface area contributed by atoms with Gasteiger partial charge in [-0.15, -0.1) is 5.10 Å². The third-order valence-corrected chi connectivity index (χ3v) is 6.42. The summed E-state index contributed by atoms with van der Waals surface area (Å²) in [6.45, 7) is 4.06. The average molecular weight is 459 g/mol. The average Bonchev–Trinajstić information content (AvgIpc) is 3.29. The van der Waals surface area contributed by atoms with Crippen molar-refractivity contribution in [3.05, 3.63) is 99.9 Å². The van der Waals surface area contributed by atoms with Gasteiger partial charge in [-0.2, -0.15) is 4.68 Å². The normalized spacial score (nSPS) is 11.2. The van der Waals surface area contributed by atoms with Crippen molar-refractivity contribution in [1.82, 2.24) is 29.8 Å². The molecule has 33 heavy (non-hydrogen) atoms. The van der Waals surface area contributed by atoms with Crippen molar-refractivity contribution >= 4 is 22.7 Å². The Kier molecular flexibility index (Phi) is 5.47. The lowest BCUT2D eigenvalue weighted by molar-refractivity contribution is 0.627. The molecule has 2 heterocycles. The molecule has 0 bridgehead atoms. The van der Waals surface area contributed by atoms with E-state index in [9.17, 15) is 9.18 Å². The van der Waals surface area contributed by atoms with Crippen LogP contribution in [0.4, 0.5) is 4.39 Å². The minimum Gasteiger partial charge on any atom is -0.268 e. The van der Waals surface area contributed by atoms with Crippen LogP contribution in [-0.2, 0) is 5.75 Å². The first-order chi connectivity index (χ1) is 16.0. The molecular weight excluding hydrogens is 439 g/mol. The molecule has 9 heteroatoms. The van der Waals surface area contributed by atoms with E-state index in [-0.39, 0.29) is 11.4 Å². The Labute approximate surface area is 192 Å². The molecule has 0 amide bonds. The molecule has 0 unspecified atom stereocenters. The quantitative estimate of drug-likeness (QED) is 0.363. The van der Waals surface area contributed by atoms with Gasteiger partial charge in [-0.3, -0.25) is 9.36 Å². The number of tetrazole rings is 1. The highest BCUT2D eigenvalue weighted by molar-refractivity contribution is 7.98. The molecule has 3 aromatic carbocycles. The smallest absolute Gasteiger partial charge is 0.265 e. The lowest BCUT2D eigenvalue weighted by Crippen LogP contribution is -2.23. The van der Waals surface area contributed by atoms with Gasteiger partial charge in [0.2, 0.25) is 5.16 Å². The Balaban J connectivity index is 1.57. The number of rotatable bonds is 5. The van der Waals surface area contributed by atoms with Gasteiger partial charge in [0.1, 0.15) is 11.6 Å². The SMILES string of the molecule is Cc1cccc(-n2nnnc2SCc2nc3ccccc3c(=O)n2-c2ccc(F)cc2)c1C. The number of para-hydroxylation sites is 1. The van der Waals surface area contributed by atoms with Gasteiger partial charge in [-0.1, -0.05) is 36.0 Å². The third-order valence-electron chi connectivity index (χ3n) is 5.51. The van der Waals surface area contributed by atoms with Crippen molar-refractivity contribution in [2.45, 2.75) is 24.8 Å². The van der Waals surface area contributed by atoms with E-state index in [1.165, 1.54) is 28.5 Å². The Morgan fingerprint density at radius 1 is 0.970 bits per heavy atom. The Hall–Kier alpha value is -3.85. The van der Waals surface area contributed by atoms with Crippen LogP contribution < -0.4 is 5.56 Å². The number of nitrogens with zero attached hydrogens (tertiary/aromatic N) is 6. The fourth-order valence-electron chi connectivity index (χ4n) is 3.65. The van der Waals surface area contributed by atoms with Gasteiger partial charge in [0.05, 0.1) is 28.0 Å². The minimum atomic E-state index is -0.371. The Morgan fingerprint density at radius 2 is 1.76 bits per heavy atom. The van der Waals surface area contributed by atoms with Crippen LogP contribution in [0.1, 0.15) is 17.0 Å². The highest BCUT2D eigenvalue weighted by Gasteiger charge is 2.17. The van der Waals surface area contributed by atoms with Crippen LogP contribution in [0, 0.1) is 19.7 Å². The molecule has 0 aliphatic heterocycles. The first-order valence-electron chi connectivity index (χ1n) is 10.3. The first kappa shape index (κ1) is 21.0. The molecule has 2 aromatic heterocycles. The fraction of sp³-hybridized carbons (Fsp3) is 0.125. The van der Waals surface area contributed by atoms with Crippen LogP contribution in [0.5, 0.6) is 0 Å². The molecule has 164 valence electrons. The zero-order chi connectivity index (χ0) is 22.9. The predicted octanol–water partition coefficient (Wildman–Crippen LogP) is 4.41. The van der Waals surface area contributed by atoms with Gasteiger partial charge >= 0.3 is 0 Å². The second-order valence-electron chi connectivity index (χ2n) is 7.54. The first-order valence-corrected chi connectivity index (χ1v) is 11.3. The highest BCUT2D eigenvalue weighted by atomic mass is 32.2. The molecule has 0 aliphatic carbocycles. The van der Waals surface area contributed by atoms with Crippen molar-refractivity contribution in [1.29, 1.82) is 0 Å². The Morgan fingerprint density at radius 3 is 2.58 bits per heavy atom. The molecule has 0 N–H and O–H groups in total. The minimum absolute atomic E-state index is 0.211. The van der Waals surface area contributed by atoms with E-state index < -0.39 is 0 Å². The van der Waals surface area contributed by atoms with Crippen molar-refractivity contribution in [2.75, 3.05) is 0 Å². The van der Waals surface area contributed by atoms with Crippen LogP contribution in [0.25, 0.3) is 22.3 Å². The van der Waals surface area contributed by atoms with Crippen LogP contribution in [0.15, 0.2) is 76.7 Å². The maximum absolute atomic E-state index is 13.5. The summed E-state index contributed by atoms with van der Waals surface area (Å²) >= 11 is 1.38. The summed E-state index contributed by atoms with van der Waals surface area (Å²) in [6, 6.07) is 18.9. The predicted molar refractivity (Wildman–Crippen MR) is 125 cm³/mol. The summed E-state index contributed by atoms with van der Waals surface area (Å²) in [7, 11) is 0. The van der Waals surface area contributed by atoms with E-state index in [4.69, 9.17) is 4.98 Å². The van der Waals surface area contributed by atoms with Crippen molar-refractivity contribution in [3.8, 4) is 11.4 Å². The Bertz CT molecular complexity index is 1530. The fourth-order valence-corrected chi connectivity index (χ4v) is 4.45. The largest absolute Gasteiger partial charge is 0.268 e. The monoisotopic (exact) mass is 458 g/mol. The van der Waals surface area contributed by atoms with Crippen LogP contribution >= 0.6 is 11.8 Å². The van der Waals surface area contributed by atoms with Gasteiger partial charge in [-0.05, 0) is 77.9 Å². The second-order valence-corrected chi connectivity index (χ2v) is 8.49. The van der Waals surface area contributed by atoms with Crippen molar-refractivity contribution in [2.24, 2.45) is 0 Å². The van der Waals surface area contributed by atoms with Crippen molar-refractivity contribution < 1.29 is 4.39 Å². The molecule has 5 rings (SSSR count). The topological polar surface area (TPSA) is 78.5 Å². The number of aromatic nitrogens is 6. The van der Waals surface area contributed by atoms with Crippen LogP contribution in [0.3, 0.4) is 0 Å². The number of thioether (sulfide) groups is 1. The van der Waals surface area contributed by atoms with E-state index >= 15 is 0 Å². The van der Waals surface area contributed by atoms with Gasteiger partial charge in [0.25, 0.3) is 5.56 Å². The van der Waals surface area contributed by atoms with E-state index in [0.717, 1.165) is 16.8 Å². The molecule has 0 saturated heterocycles. The maximum atomic E-state index is 13.5. The number of hydrogen-bond donors (Lipinski definition) is 0. The number of hydrogen-bond acceptors (Lipinski definition) is 6. The highest BCUT2D eigenvalue weighted by Crippen LogP contribution is 2.25. The van der Waals surface area contributed by atoms with E-state index in [0.29, 0.717) is 33.3 Å². The summed E-state index contributed by atoms with van der Waals surface area (Å²) in [4.78, 5) is 18.1. The second kappa shape index (κ2) is 8.59. The maximum Gasteiger partial charge on any atom is 0.265 e. The summed E-state index contributed by atoms with van der Waals surface area (Å²) in [5, 5.41) is 13.3. The van der Waals surface area contributed by atoms with E-state index in [1.54, 1.807) is 35.0 Å². The zero-order valence-electron chi connectivity index (χ0n) is 17.9. The number of fused-ring (bicyclic) bond motifs is 1. The van der Waals surface area contributed by atoms with Crippen molar-refractivity contribution in [3.63, 3.8) is 0 Å². The molecular formula is C24H19FN6OS. The number of halogens is 1. The lowest BCUT2D eigenvalue weighted by Gasteiger charge is -2.14. The molecule has 0 spiro atoms. The summed E-state index contributed by atoms with van der Waals surface area (Å²) in [5.74, 6) is 0.484. The number of benzene rings is 3. The van der Waals surface area contributed by atoms with E-state index in [2.05, 4.69) is 15.5 Å². The molecule has 0 atom stereocenters. The van der Waals surface area contributed by atoms with Gasteiger partial charge in [0.15, 0.2) is 0 Å². The molecule has 0 aliphatic rings. The van der Waals surface area contributed by atoms with Gasteiger partial charge < -0.3 is 0 Å². The van der Waals surface area contributed by atoms with Crippen LogP contribution in [-0.4, -0.2) is 29.8 Å². The lowest BCUT2D eigenvalue weighted by atomic mass is 10.1. The molecule has 0 fully saturated rings. The summed E-state index contributed by atoms with van der Waals surface area (Å²) in [6.07, 6.45) is 0. The standard InChI is InChI=1S/C24H19FN6OS/c1-15-6-5-9-21(16(15)2)31-24(27-28-29-31)33-14-22-26-20-8-4-3-7-19(20)23(32)30(22)18-12-10-17(25)11-13-18/h3-13H,14H2,1-2H3. The van der Waals surface area contributed by atoms with E-state index in [1.807, 2.05) is 38.1 Å². The molecule has 0 radical (unpaired) electrons. The van der Waals surface area contributed by atoms with Gasteiger partial charge in [-0.25, -0.2) is 9.37 Å². The van der Waals surface area contributed by atoms with Crippen LogP contribution in [0.2, 0.25) is 0 Å².